The molecule has 0 spiro atoms. The van der Waals surface area contributed by atoms with Crippen LogP contribution in [0, 0.1) is 0 Å². The highest BCUT2D eigenvalue weighted by atomic mass is 32.1. The van der Waals surface area contributed by atoms with Crippen molar-refractivity contribution in [3.63, 3.8) is 0 Å². The van der Waals surface area contributed by atoms with Crippen molar-refractivity contribution < 1.29 is 0 Å². The van der Waals surface area contributed by atoms with Crippen molar-refractivity contribution in [1.82, 2.24) is 20.1 Å². The second-order valence-corrected chi connectivity index (χ2v) is 6.38. The average molecular weight is 290 g/mol. The van der Waals surface area contributed by atoms with Crippen LogP contribution in [0.2, 0.25) is 0 Å². The van der Waals surface area contributed by atoms with Gasteiger partial charge in [0.15, 0.2) is 0 Å². The number of hydrogen-bond acceptors (Lipinski definition) is 4. The third kappa shape index (κ3) is 2.79. The van der Waals surface area contributed by atoms with Crippen LogP contribution < -0.4 is 5.32 Å². The Hall–Kier alpha value is -1.20. The Balaban J connectivity index is 1.74. The molecule has 2 aromatic rings. The Bertz CT molecular complexity index is 546. The van der Waals surface area contributed by atoms with Gasteiger partial charge in [0.1, 0.15) is 11.6 Å². The molecule has 3 heterocycles. The van der Waals surface area contributed by atoms with Gasteiger partial charge in [-0.15, -0.1) is 10.2 Å². The smallest absolute Gasteiger partial charge is 0.149 e. The summed E-state index contributed by atoms with van der Waals surface area (Å²) in [6.45, 7) is 5.46. The molecule has 5 heteroatoms. The zero-order valence-corrected chi connectivity index (χ0v) is 13.0. The van der Waals surface area contributed by atoms with E-state index >= 15 is 0 Å². The summed E-state index contributed by atoms with van der Waals surface area (Å²) in [7, 11) is 0. The van der Waals surface area contributed by atoms with Gasteiger partial charge >= 0.3 is 0 Å². The average Bonchev–Trinajstić information content (AvgIpc) is 3.04. The zero-order chi connectivity index (χ0) is 13.9. The molecule has 0 aliphatic carbocycles. The predicted octanol–water partition coefficient (Wildman–Crippen LogP) is 3.48. The van der Waals surface area contributed by atoms with E-state index in [1.165, 1.54) is 24.8 Å². The third-order valence-electron chi connectivity index (χ3n) is 4.07. The zero-order valence-electron chi connectivity index (χ0n) is 12.2. The number of aryl methyl sites for hydroxylation is 1. The van der Waals surface area contributed by atoms with Gasteiger partial charge in [0.25, 0.3) is 0 Å². The van der Waals surface area contributed by atoms with Gasteiger partial charge in [-0.1, -0.05) is 6.42 Å². The van der Waals surface area contributed by atoms with Crippen molar-refractivity contribution in [1.29, 1.82) is 0 Å². The van der Waals surface area contributed by atoms with Crippen molar-refractivity contribution >= 4 is 11.3 Å². The first kappa shape index (κ1) is 13.8. The second-order valence-electron chi connectivity index (χ2n) is 5.60. The molecule has 2 atom stereocenters. The summed E-state index contributed by atoms with van der Waals surface area (Å²) in [5.41, 5.74) is 1.34. The van der Waals surface area contributed by atoms with E-state index in [0.29, 0.717) is 6.04 Å². The molecule has 0 bridgehead atoms. The summed E-state index contributed by atoms with van der Waals surface area (Å²) in [6.07, 6.45) is 4.85. The Morgan fingerprint density at radius 2 is 2.10 bits per heavy atom. The van der Waals surface area contributed by atoms with Crippen molar-refractivity contribution in [3.8, 4) is 0 Å². The summed E-state index contributed by atoms with van der Waals surface area (Å²) in [5, 5.41) is 16.8. The first-order valence-electron chi connectivity index (χ1n) is 7.46. The summed E-state index contributed by atoms with van der Waals surface area (Å²) < 4.78 is 2.32. The maximum atomic E-state index is 4.43. The Morgan fingerprint density at radius 3 is 2.90 bits per heavy atom. The van der Waals surface area contributed by atoms with Crippen molar-refractivity contribution in [3.05, 3.63) is 34.0 Å². The van der Waals surface area contributed by atoms with E-state index in [4.69, 9.17) is 0 Å². The van der Waals surface area contributed by atoms with Crippen LogP contribution in [0.25, 0.3) is 0 Å². The number of hydrogen-bond donors (Lipinski definition) is 1. The SMILES string of the molecule is CC(NC(C)c1nnc2n1CCCCC2)c1ccsc1. The van der Waals surface area contributed by atoms with Crippen LogP contribution in [0.15, 0.2) is 16.8 Å². The summed E-state index contributed by atoms with van der Waals surface area (Å²) in [5.74, 6) is 2.25. The lowest BCUT2D eigenvalue weighted by atomic mass is 10.1. The van der Waals surface area contributed by atoms with Gasteiger partial charge in [0.05, 0.1) is 6.04 Å². The van der Waals surface area contributed by atoms with Gasteiger partial charge in [-0.05, 0) is 49.1 Å². The molecule has 20 heavy (non-hydrogen) atoms. The molecule has 2 aromatic heterocycles. The van der Waals surface area contributed by atoms with Crippen LogP contribution >= 0.6 is 11.3 Å². The van der Waals surface area contributed by atoms with Crippen LogP contribution in [-0.2, 0) is 13.0 Å². The molecular weight excluding hydrogens is 268 g/mol. The topological polar surface area (TPSA) is 42.7 Å². The van der Waals surface area contributed by atoms with Crippen molar-refractivity contribution in [2.24, 2.45) is 0 Å². The van der Waals surface area contributed by atoms with E-state index < -0.39 is 0 Å². The molecule has 1 N–H and O–H groups in total. The molecule has 0 saturated heterocycles. The molecule has 0 fully saturated rings. The molecule has 108 valence electrons. The fourth-order valence-electron chi connectivity index (χ4n) is 2.90. The van der Waals surface area contributed by atoms with E-state index in [9.17, 15) is 0 Å². The van der Waals surface area contributed by atoms with E-state index in [1.807, 2.05) is 0 Å². The van der Waals surface area contributed by atoms with Gasteiger partial charge in [-0.3, -0.25) is 0 Å². The lowest BCUT2D eigenvalue weighted by Crippen LogP contribution is -2.25. The molecule has 0 aromatic carbocycles. The highest BCUT2D eigenvalue weighted by molar-refractivity contribution is 7.07. The largest absolute Gasteiger partial charge is 0.314 e. The molecule has 0 saturated carbocycles. The van der Waals surface area contributed by atoms with Gasteiger partial charge in [0, 0.05) is 19.0 Å². The first-order chi connectivity index (χ1) is 9.75. The maximum Gasteiger partial charge on any atom is 0.149 e. The minimum Gasteiger partial charge on any atom is -0.314 e. The standard InChI is InChI=1S/C15H22N4S/c1-11(13-7-9-20-10-13)16-12(2)15-18-17-14-6-4-3-5-8-19(14)15/h7,9-12,16H,3-6,8H2,1-2H3. The van der Waals surface area contributed by atoms with Crippen LogP contribution in [-0.4, -0.2) is 14.8 Å². The molecule has 4 nitrogen and oxygen atoms in total. The fourth-order valence-corrected chi connectivity index (χ4v) is 3.65. The summed E-state index contributed by atoms with van der Waals surface area (Å²) >= 11 is 1.74. The lowest BCUT2D eigenvalue weighted by molar-refractivity contribution is 0.454. The highest BCUT2D eigenvalue weighted by Crippen LogP contribution is 2.22. The minimum atomic E-state index is 0.226. The number of rotatable bonds is 4. The van der Waals surface area contributed by atoms with Crippen molar-refractivity contribution in [2.45, 2.75) is 58.2 Å². The van der Waals surface area contributed by atoms with Crippen LogP contribution in [0.3, 0.4) is 0 Å². The van der Waals surface area contributed by atoms with E-state index in [-0.39, 0.29) is 6.04 Å². The Labute approximate surface area is 124 Å². The van der Waals surface area contributed by atoms with Crippen LogP contribution in [0.1, 0.15) is 62.4 Å². The number of nitrogens with zero attached hydrogens (tertiary/aromatic N) is 3. The normalized spacial score (nSPS) is 18.3. The molecule has 1 aliphatic heterocycles. The van der Waals surface area contributed by atoms with Gasteiger partial charge in [-0.2, -0.15) is 11.3 Å². The van der Waals surface area contributed by atoms with Crippen LogP contribution in [0.5, 0.6) is 0 Å². The number of nitrogens with one attached hydrogen (secondary N) is 1. The molecule has 2 unspecified atom stereocenters. The van der Waals surface area contributed by atoms with Gasteiger partial charge in [-0.25, -0.2) is 0 Å². The monoisotopic (exact) mass is 290 g/mol. The lowest BCUT2D eigenvalue weighted by Gasteiger charge is -2.19. The molecule has 3 rings (SSSR count). The minimum absolute atomic E-state index is 0.226. The first-order valence-corrected chi connectivity index (χ1v) is 8.40. The molecule has 0 amide bonds. The number of fused-ring (bicyclic) bond motifs is 1. The highest BCUT2D eigenvalue weighted by Gasteiger charge is 2.20. The van der Waals surface area contributed by atoms with E-state index in [2.05, 4.69) is 50.8 Å². The quantitative estimate of drug-likeness (QED) is 0.937. The van der Waals surface area contributed by atoms with E-state index in [0.717, 1.165) is 24.6 Å². The predicted molar refractivity (Wildman–Crippen MR) is 81.9 cm³/mol. The Morgan fingerprint density at radius 1 is 1.20 bits per heavy atom. The number of thiophene rings is 1. The van der Waals surface area contributed by atoms with Crippen LogP contribution in [0.4, 0.5) is 0 Å². The molecule has 0 radical (unpaired) electrons. The Kier molecular flexibility index (Phi) is 4.17. The van der Waals surface area contributed by atoms with Gasteiger partial charge in [0.2, 0.25) is 0 Å². The van der Waals surface area contributed by atoms with Gasteiger partial charge < -0.3 is 9.88 Å². The summed E-state index contributed by atoms with van der Waals surface area (Å²) in [6, 6.07) is 2.75. The maximum absolute atomic E-state index is 4.43. The van der Waals surface area contributed by atoms with Crippen molar-refractivity contribution in [2.75, 3.05) is 0 Å². The molecular formula is C15H22N4S. The number of aromatic nitrogens is 3. The molecule has 1 aliphatic rings. The second kappa shape index (κ2) is 6.06. The summed E-state index contributed by atoms with van der Waals surface area (Å²) in [4.78, 5) is 0. The third-order valence-corrected chi connectivity index (χ3v) is 4.77. The fraction of sp³-hybridized carbons (Fsp3) is 0.600. The van der Waals surface area contributed by atoms with E-state index in [1.54, 1.807) is 11.3 Å².